The Morgan fingerprint density at radius 1 is 1.30 bits per heavy atom. The first-order valence-electron chi connectivity index (χ1n) is 6.41. The highest BCUT2D eigenvalue weighted by Crippen LogP contribution is 2.30. The number of aromatic amines is 1. The van der Waals surface area contributed by atoms with Crippen LogP contribution in [0.2, 0.25) is 0 Å². The zero-order valence-electron chi connectivity index (χ0n) is 11.6. The van der Waals surface area contributed by atoms with Crippen LogP contribution < -0.4 is 0 Å². The van der Waals surface area contributed by atoms with Crippen LogP contribution in [0.15, 0.2) is 28.7 Å². The maximum Gasteiger partial charge on any atom is 0.144 e. The standard InChI is InChI=1S/C15H16BrFN2S/c1-4-11-12(16)13(20)19-14(18-11)15(2,3)9-5-7-10(17)8-6-9/h5-8H,4H2,1-3H3,(H,18,19,20). The summed E-state index contributed by atoms with van der Waals surface area (Å²) in [4.78, 5) is 7.81. The second-order valence-corrected chi connectivity index (χ2v) is 6.35. The van der Waals surface area contributed by atoms with Crippen LogP contribution in [-0.4, -0.2) is 9.97 Å². The largest absolute Gasteiger partial charge is 0.345 e. The van der Waals surface area contributed by atoms with E-state index in [9.17, 15) is 4.39 Å². The molecule has 0 aliphatic heterocycles. The molecule has 0 amide bonds. The highest BCUT2D eigenvalue weighted by molar-refractivity contribution is 9.10. The molecule has 1 N–H and O–H groups in total. The van der Waals surface area contributed by atoms with Crippen LogP contribution in [0, 0.1) is 10.5 Å². The Morgan fingerprint density at radius 2 is 1.90 bits per heavy atom. The van der Waals surface area contributed by atoms with Crippen LogP contribution in [0.25, 0.3) is 0 Å². The molecule has 2 nitrogen and oxygen atoms in total. The first-order chi connectivity index (χ1) is 9.36. The Bertz CT molecular complexity index is 677. The van der Waals surface area contributed by atoms with Gasteiger partial charge < -0.3 is 4.98 Å². The van der Waals surface area contributed by atoms with Gasteiger partial charge in [0.2, 0.25) is 0 Å². The van der Waals surface area contributed by atoms with Gasteiger partial charge in [0.15, 0.2) is 0 Å². The highest BCUT2D eigenvalue weighted by atomic mass is 79.9. The number of nitrogens with zero attached hydrogens (tertiary/aromatic N) is 1. The van der Waals surface area contributed by atoms with E-state index in [0.29, 0.717) is 4.64 Å². The summed E-state index contributed by atoms with van der Waals surface area (Å²) in [5.41, 5.74) is 1.64. The van der Waals surface area contributed by atoms with E-state index < -0.39 is 0 Å². The number of nitrogens with one attached hydrogen (secondary N) is 1. The quantitative estimate of drug-likeness (QED) is 0.791. The van der Waals surface area contributed by atoms with Gasteiger partial charge in [0, 0.05) is 11.1 Å². The van der Waals surface area contributed by atoms with Crippen molar-refractivity contribution in [2.45, 2.75) is 32.6 Å². The maximum atomic E-state index is 13.1. The van der Waals surface area contributed by atoms with Gasteiger partial charge in [-0.15, -0.1) is 0 Å². The van der Waals surface area contributed by atoms with E-state index in [1.165, 1.54) is 12.1 Å². The topological polar surface area (TPSA) is 28.7 Å². The lowest BCUT2D eigenvalue weighted by Crippen LogP contribution is -2.23. The summed E-state index contributed by atoms with van der Waals surface area (Å²) in [5.74, 6) is 0.546. The number of H-pyrrole nitrogens is 1. The molecule has 5 heteroatoms. The Hall–Kier alpha value is -1.07. The molecule has 106 valence electrons. The van der Waals surface area contributed by atoms with E-state index in [-0.39, 0.29) is 11.2 Å². The molecule has 0 aliphatic rings. The molecule has 20 heavy (non-hydrogen) atoms. The molecule has 0 aliphatic carbocycles. The van der Waals surface area contributed by atoms with Crippen molar-refractivity contribution in [1.82, 2.24) is 9.97 Å². The van der Waals surface area contributed by atoms with Gasteiger partial charge in [0.1, 0.15) is 16.3 Å². The minimum Gasteiger partial charge on any atom is -0.345 e. The van der Waals surface area contributed by atoms with Gasteiger partial charge in [-0.1, -0.05) is 31.3 Å². The van der Waals surface area contributed by atoms with E-state index >= 15 is 0 Å². The van der Waals surface area contributed by atoms with Gasteiger partial charge in [-0.2, -0.15) is 0 Å². The normalized spacial score (nSPS) is 11.7. The van der Waals surface area contributed by atoms with Crippen molar-refractivity contribution >= 4 is 28.1 Å². The number of benzene rings is 1. The lowest BCUT2D eigenvalue weighted by Gasteiger charge is -2.25. The minimum absolute atomic E-state index is 0.240. The maximum absolute atomic E-state index is 13.1. The SMILES string of the molecule is CCc1[nH]c(C(C)(C)c2ccc(F)cc2)nc(=S)c1Br. The van der Waals surface area contributed by atoms with Crippen LogP contribution in [-0.2, 0) is 11.8 Å². The number of aryl methyl sites for hydroxylation is 1. The van der Waals surface area contributed by atoms with E-state index in [0.717, 1.165) is 28.0 Å². The fourth-order valence-electron chi connectivity index (χ4n) is 2.05. The van der Waals surface area contributed by atoms with Gasteiger partial charge >= 0.3 is 0 Å². The molecule has 0 bridgehead atoms. The third-order valence-electron chi connectivity index (χ3n) is 3.45. The zero-order chi connectivity index (χ0) is 14.9. The van der Waals surface area contributed by atoms with Gasteiger partial charge in [-0.3, -0.25) is 0 Å². The third kappa shape index (κ3) is 2.83. The second kappa shape index (κ2) is 5.74. The summed E-state index contributed by atoms with van der Waals surface area (Å²) in [6, 6.07) is 6.49. The molecule has 0 radical (unpaired) electrons. The Balaban J connectivity index is 2.56. The Labute approximate surface area is 131 Å². The molecular formula is C15H16BrFN2S. The average Bonchev–Trinajstić information content (AvgIpc) is 2.42. The van der Waals surface area contributed by atoms with Crippen molar-refractivity contribution in [2.24, 2.45) is 0 Å². The number of rotatable bonds is 3. The lowest BCUT2D eigenvalue weighted by molar-refractivity contribution is 0.577. The molecule has 0 fully saturated rings. The van der Waals surface area contributed by atoms with Crippen molar-refractivity contribution in [3.05, 3.63) is 56.3 Å². The molecule has 1 heterocycles. The first-order valence-corrected chi connectivity index (χ1v) is 7.61. The zero-order valence-corrected chi connectivity index (χ0v) is 14.0. The minimum atomic E-state index is -0.369. The molecule has 0 unspecified atom stereocenters. The van der Waals surface area contributed by atoms with Crippen LogP contribution in [0.1, 0.15) is 37.9 Å². The van der Waals surface area contributed by atoms with Gasteiger partial charge in [-0.05, 0) is 53.9 Å². The molecule has 2 aromatic rings. The summed E-state index contributed by atoms with van der Waals surface area (Å²) in [7, 11) is 0. The molecule has 0 saturated heterocycles. The molecule has 1 aromatic carbocycles. The van der Waals surface area contributed by atoms with Gasteiger partial charge in [0.05, 0.1) is 4.47 Å². The first kappa shape index (κ1) is 15.3. The van der Waals surface area contributed by atoms with Crippen molar-refractivity contribution in [3.8, 4) is 0 Å². The van der Waals surface area contributed by atoms with Crippen molar-refractivity contribution in [1.29, 1.82) is 0 Å². The third-order valence-corrected chi connectivity index (χ3v) is 4.86. The van der Waals surface area contributed by atoms with Crippen LogP contribution in [0.3, 0.4) is 0 Å². The highest BCUT2D eigenvalue weighted by Gasteiger charge is 2.26. The molecule has 1 aromatic heterocycles. The fraction of sp³-hybridized carbons (Fsp3) is 0.333. The van der Waals surface area contributed by atoms with Gasteiger partial charge in [0.25, 0.3) is 0 Å². The molecule has 0 saturated carbocycles. The number of hydrogen-bond acceptors (Lipinski definition) is 2. The van der Waals surface area contributed by atoms with Crippen LogP contribution in [0.5, 0.6) is 0 Å². The summed E-state index contributed by atoms with van der Waals surface area (Å²) in [5, 5.41) is 0. The Morgan fingerprint density at radius 3 is 2.45 bits per heavy atom. The number of hydrogen-bond donors (Lipinski definition) is 1. The van der Waals surface area contributed by atoms with E-state index in [1.807, 2.05) is 13.8 Å². The summed E-state index contributed by atoms with van der Waals surface area (Å²) < 4.78 is 14.5. The lowest BCUT2D eigenvalue weighted by atomic mass is 9.83. The van der Waals surface area contributed by atoms with E-state index in [2.05, 4.69) is 32.8 Å². The van der Waals surface area contributed by atoms with Crippen molar-refractivity contribution < 1.29 is 4.39 Å². The summed E-state index contributed by atoms with van der Waals surface area (Å²) in [6.07, 6.45) is 0.833. The van der Waals surface area contributed by atoms with Crippen LogP contribution >= 0.6 is 28.1 Å². The predicted molar refractivity (Wildman–Crippen MR) is 85.0 cm³/mol. The smallest absolute Gasteiger partial charge is 0.144 e. The van der Waals surface area contributed by atoms with E-state index in [1.54, 1.807) is 12.1 Å². The summed E-state index contributed by atoms with van der Waals surface area (Å²) in [6.45, 7) is 6.14. The Kier molecular flexibility index (Phi) is 4.39. The van der Waals surface area contributed by atoms with Crippen molar-refractivity contribution in [2.75, 3.05) is 0 Å². The average molecular weight is 355 g/mol. The molecule has 0 atom stereocenters. The second-order valence-electron chi connectivity index (χ2n) is 5.17. The summed E-state index contributed by atoms with van der Waals surface area (Å²) >= 11 is 8.76. The molecule has 0 spiro atoms. The number of halogens is 2. The van der Waals surface area contributed by atoms with Gasteiger partial charge in [-0.25, -0.2) is 9.37 Å². The van der Waals surface area contributed by atoms with Crippen molar-refractivity contribution in [3.63, 3.8) is 0 Å². The number of aromatic nitrogens is 2. The fourth-order valence-corrected chi connectivity index (χ4v) is 2.73. The van der Waals surface area contributed by atoms with Crippen LogP contribution in [0.4, 0.5) is 4.39 Å². The predicted octanol–water partition coefficient (Wildman–Crippen LogP) is 4.93. The molecule has 2 rings (SSSR count). The molecular weight excluding hydrogens is 339 g/mol. The monoisotopic (exact) mass is 354 g/mol. The van der Waals surface area contributed by atoms with E-state index in [4.69, 9.17) is 12.2 Å².